The summed E-state index contributed by atoms with van der Waals surface area (Å²) in [7, 11) is -3.78. The third kappa shape index (κ3) is 5.27. The van der Waals surface area contributed by atoms with Gasteiger partial charge in [0.05, 0.1) is 6.10 Å². The van der Waals surface area contributed by atoms with Gasteiger partial charge in [-0.05, 0) is 32.6 Å². The molecule has 0 aromatic rings. The number of hydrogen-bond donors (Lipinski definition) is 1. The second-order valence-corrected chi connectivity index (χ2v) is 8.09. The molecule has 1 atom stereocenters. The van der Waals surface area contributed by atoms with Crippen LogP contribution < -0.4 is 4.72 Å². The number of carbonyl (C=O) groups is 1. The molecule has 1 amide bonds. The predicted octanol–water partition coefficient (Wildman–Crippen LogP) is 1.86. The molecular formula is C11H21BrN2O4S. The van der Waals surface area contributed by atoms with Crippen LogP contribution in [0.15, 0.2) is 0 Å². The Morgan fingerprint density at radius 3 is 2.26 bits per heavy atom. The number of halogens is 1. The summed E-state index contributed by atoms with van der Waals surface area (Å²) in [6.45, 7) is 6.23. The van der Waals surface area contributed by atoms with Crippen LogP contribution >= 0.6 is 15.9 Å². The maximum Gasteiger partial charge on any atom is 0.422 e. The molecule has 0 aromatic carbocycles. The zero-order valence-corrected chi connectivity index (χ0v) is 13.8. The minimum atomic E-state index is -3.78. The number of piperidine rings is 1. The summed E-state index contributed by atoms with van der Waals surface area (Å²) in [5, 5.41) is 0. The summed E-state index contributed by atoms with van der Waals surface area (Å²) < 4.78 is 31.9. The minimum Gasteiger partial charge on any atom is -0.446 e. The maximum absolute atomic E-state index is 12.0. The number of alkyl halides is 1. The summed E-state index contributed by atoms with van der Waals surface area (Å²) in [6.07, 6.45) is 0.292. The lowest BCUT2D eigenvalue weighted by atomic mass is 9.96. The van der Waals surface area contributed by atoms with Crippen LogP contribution in [-0.2, 0) is 14.9 Å². The molecule has 0 bridgehead atoms. The summed E-state index contributed by atoms with van der Waals surface area (Å²) in [5.74, 6) is 0.467. The predicted molar refractivity (Wildman–Crippen MR) is 76.4 cm³/mol. The molecule has 1 unspecified atom stereocenters. The number of rotatable bonds is 4. The summed E-state index contributed by atoms with van der Waals surface area (Å²) in [6, 6.07) is 0. The fourth-order valence-corrected chi connectivity index (χ4v) is 3.59. The van der Waals surface area contributed by atoms with Gasteiger partial charge in [-0.3, -0.25) is 0 Å². The second-order valence-electron chi connectivity index (χ2n) is 4.98. The molecule has 1 rings (SSSR count). The zero-order chi connectivity index (χ0) is 14.6. The molecule has 1 fully saturated rings. The van der Waals surface area contributed by atoms with E-state index in [1.165, 1.54) is 4.31 Å². The summed E-state index contributed by atoms with van der Waals surface area (Å²) in [5.41, 5.74) is 0. The number of nitrogens with zero attached hydrogens (tertiary/aromatic N) is 1. The van der Waals surface area contributed by atoms with Crippen molar-refractivity contribution in [2.75, 3.05) is 13.1 Å². The zero-order valence-electron chi connectivity index (χ0n) is 11.4. The molecule has 1 heterocycles. The first-order valence-electron chi connectivity index (χ1n) is 6.35. The molecule has 1 aliphatic heterocycles. The first kappa shape index (κ1) is 16.7. The molecule has 1 aliphatic rings. The van der Waals surface area contributed by atoms with E-state index >= 15 is 0 Å². The van der Waals surface area contributed by atoms with Gasteiger partial charge in [0.25, 0.3) is 0 Å². The van der Waals surface area contributed by atoms with Crippen LogP contribution in [0.5, 0.6) is 0 Å². The van der Waals surface area contributed by atoms with E-state index in [-0.39, 0.29) is 6.10 Å². The van der Waals surface area contributed by atoms with E-state index < -0.39 is 16.3 Å². The lowest BCUT2D eigenvalue weighted by Gasteiger charge is -2.32. The number of ether oxygens (including phenoxy) is 1. The Morgan fingerprint density at radius 2 is 1.84 bits per heavy atom. The summed E-state index contributed by atoms with van der Waals surface area (Å²) in [4.78, 5) is 11.7. The van der Waals surface area contributed by atoms with Gasteiger partial charge in [-0.2, -0.15) is 12.7 Å². The van der Waals surface area contributed by atoms with Gasteiger partial charge in [0.2, 0.25) is 0 Å². The third-order valence-electron chi connectivity index (χ3n) is 3.04. The third-order valence-corrected chi connectivity index (χ3v) is 5.26. The highest BCUT2D eigenvalue weighted by Gasteiger charge is 2.31. The fourth-order valence-electron chi connectivity index (χ4n) is 1.98. The molecule has 0 spiro atoms. The van der Waals surface area contributed by atoms with Crippen molar-refractivity contribution in [2.45, 2.75) is 44.5 Å². The van der Waals surface area contributed by atoms with Gasteiger partial charge in [-0.1, -0.05) is 22.9 Å². The van der Waals surface area contributed by atoms with Gasteiger partial charge >= 0.3 is 16.3 Å². The Labute approximate surface area is 123 Å². The van der Waals surface area contributed by atoms with Gasteiger partial charge < -0.3 is 4.74 Å². The van der Waals surface area contributed by atoms with E-state index in [1.54, 1.807) is 13.8 Å². The van der Waals surface area contributed by atoms with Gasteiger partial charge in [0, 0.05) is 17.9 Å². The van der Waals surface area contributed by atoms with Gasteiger partial charge in [-0.25, -0.2) is 9.52 Å². The van der Waals surface area contributed by atoms with Crippen molar-refractivity contribution in [1.82, 2.24) is 9.03 Å². The fraction of sp³-hybridized carbons (Fsp3) is 0.909. The lowest BCUT2D eigenvalue weighted by Crippen LogP contribution is -2.47. The number of nitrogens with one attached hydrogen (secondary N) is 1. The van der Waals surface area contributed by atoms with Crippen molar-refractivity contribution in [3.63, 3.8) is 0 Å². The van der Waals surface area contributed by atoms with Crippen molar-refractivity contribution in [1.29, 1.82) is 0 Å². The highest BCUT2D eigenvalue weighted by Crippen LogP contribution is 2.25. The number of carbonyl (C=O) groups excluding carboxylic acids is 1. The van der Waals surface area contributed by atoms with E-state index in [2.05, 4.69) is 22.9 Å². The quantitative estimate of drug-likeness (QED) is 0.780. The van der Waals surface area contributed by atoms with Crippen LogP contribution in [0.4, 0.5) is 4.79 Å². The van der Waals surface area contributed by atoms with Crippen molar-refractivity contribution >= 4 is 32.2 Å². The molecule has 8 heteroatoms. The van der Waals surface area contributed by atoms with Gasteiger partial charge in [0.15, 0.2) is 0 Å². The molecular weight excluding hydrogens is 336 g/mol. The molecule has 0 saturated carbocycles. The normalized spacial score (nSPS) is 20.3. The smallest absolute Gasteiger partial charge is 0.422 e. The number of amides is 1. The average molecular weight is 357 g/mol. The Balaban J connectivity index is 2.53. The minimum absolute atomic E-state index is 0.352. The molecule has 6 nitrogen and oxygen atoms in total. The highest BCUT2D eigenvalue weighted by molar-refractivity contribution is 9.09. The van der Waals surface area contributed by atoms with Gasteiger partial charge in [0.1, 0.15) is 0 Å². The molecule has 1 N–H and O–H groups in total. The monoisotopic (exact) mass is 356 g/mol. The van der Waals surface area contributed by atoms with Crippen LogP contribution in [0, 0.1) is 5.92 Å². The van der Waals surface area contributed by atoms with Crippen LogP contribution in [0.2, 0.25) is 0 Å². The first-order valence-corrected chi connectivity index (χ1v) is 8.70. The largest absolute Gasteiger partial charge is 0.446 e. The van der Waals surface area contributed by atoms with Crippen molar-refractivity contribution in [3.8, 4) is 0 Å². The maximum atomic E-state index is 12.0. The van der Waals surface area contributed by atoms with Crippen molar-refractivity contribution in [2.24, 2.45) is 5.92 Å². The molecule has 19 heavy (non-hydrogen) atoms. The van der Waals surface area contributed by atoms with Crippen molar-refractivity contribution < 1.29 is 17.9 Å². The average Bonchev–Trinajstić information content (AvgIpc) is 2.27. The van der Waals surface area contributed by atoms with E-state index in [9.17, 15) is 13.2 Å². The Hall–Kier alpha value is -0.340. The van der Waals surface area contributed by atoms with Crippen LogP contribution in [0.3, 0.4) is 0 Å². The van der Waals surface area contributed by atoms with Crippen LogP contribution in [0.1, 0.15) is 33.6 Å². The van der Waals surface area contributed by atoms with E-state index in [1.807, 2.05) is 4.72 Å². The first-order chi connectivity index (χ1) is 8.72. The topological polar surface area (TPSA) is 75.7 Å². The number of hydrogen-bond acceptors (Lipinski definition) is 4. The Kier molecular flexibility index (Phi) is 6.07. The van der Waals surface area contributed by atoms with E-state index in [0.29, 0.717) is 23.8 Å². The van der Waals surface area contributed by atoms with E-state index in [4.69, 9.17) is 4.74 Å². The van der Waals surface area contributed by atoms with Crippen molar-refractivity contribution in [3.05, 3.63) is 0 Å². The van der Waals surface area contributed by atoms with E-state index in [0.717, 1.165) is 12.8 Å². The molecule has 112 valence electrons. The van der Waals surface area contributed by atoms with Crippen LogP contribution in [0.25, 0.3) is 0 Å². The molecule has 0 radical (unpaired) electrons. The highest BCUT2D eigenvalue weighted by atomic mass is 79.9. The van der Waals surface area contributed by atoms with Crippen LogP contribution in [-0.4, -0.2) is 42.8 Å². The lowest BCUT2D eigenvalue weighted by molar-refractivity contribution is 0.120. The Morgan fingerprint density at radius 1 is 1.32 bits per heavy atom. The SMILES string of the molecule is CC(C)OC(=O)NS(=O)(=O)N1CCC(C(C)Br)CC1. The molecule has 0 aliphatic carbocycles. The Bertz CT molecular complexity index is 403. The molecule has 0 aromatic heterocycles. The van der Waals surface area contributed by atoms with Gasteiger partial charge in [-0.15, -0.1) is 0 Å². The summed E-state index contributed by atoms with van der Waals surface area (Å²) >= 11 is 3.52. The standard InChI is InChI=1S/C11H21BrN2O4S/c1-8(2)18-11(15)13-19(16,17)14-6-4-10(5-7-14)9(3)12/h8-10H,4-7H2,1-3H3,(H,13,15). The molecule has 1 saturated heterocycles. The second kappa shape index (κ2) is 6.90.